The van der Waals surface area contributed by atoms with Gasteiger partial charge in [0.2, 0.25) is 5.91 Å². The van der Waals surface area contributed by atoms with Crippen molar-refractivity contribution in [2.45, 2.75) is 31.7 Å². The molecule has 0 fully saturated rings. The Morgan fingerprint density at radius 3 is 2.85 bits per heavy atom. The maximum absolute atomic E-state index is 12.2. The minimum atomic E-state index is -0.992. The molecule has 1 aliphatic rings. The third-order valence-electron chi connectivity index (χ3n) is 3.84. The summed E-state index contributed by atoms with van der Waals surface area (Å²) in [5.74, 6) is -0.226. The maximum atomic E-state index is 12.2. The van der Waals surface area contributed by atoms with Gasteiger partial charge in [0.25, 0.3) is 0 Å². The summed E-state index contributed by atoms with van der Waals surface area (Å²) in [6, 6.07) is 6.89. The van der Waals surface area contributed by atoms with E-state index in [2.05, 4.69) is 0 Å². The van der Waals surface area contributed by atoms with Crippen molar-refractivity contribution < 1.29 is 19.4 Å². The Bertz CT molecular complexity index is 514. The minimum absolute atomic E-state index is 0.0934. The molecule has 1 aromatic rings. The Morgan fingerprint density at radius 1 is 1.45 bits per heavy atom. The molecule has 2 rings (SSSR count). The second kappa shape index (κ2) is 5.94. The number of likely N-dealkylation sites (N-methyl/N-ethyl adjacent to an activating group) is 1. The molecule has 0 bridgehead atoms. The summed E-state index contributed by atoms with van der Waals surface area (Å²) in [7, 11) is 1.53. The Balaban J connectivity index is 2.08. The second-order valence-corrected chi connectivity index (χ2v) is 5.09. The number of para-hydroxylation sites is 1. The van der Waals surface area contributed by atoms with Crippen LogP contribution in [-0.4, -0.2) is 41.6 Å². The molecule has 20 heavy (non-hydrogen) atoms. The lowest BCUT2D eigenvalue weighted by Crippen LogP contribution is -2.40. The number of fused-ring (bicyclic) bond motifs is 1. The summed E-state index contributed by atoms with van der Waals surface area (Å²) in [5, 5.41) is 8.95. The quantitative estimate of drug-likeness (QED) is 0.912. The molecule has 0 saturated heterocycles. The monoisotopic (exact) mass is 277 g/mol. The fourth-order valence-corrected chi connectivity index (χ4v) is 2.36. The standard InChI is InChI=1S/C15H19NO4/c1-10(15(18)19)16(2)14(17)9-11-7-8-20-13-6-4-3-5-12(11)13/h3-6,10-11H,7-9H2,1-2H3,(H,18,19)/t10-,11-/m1/s1. The van der Waals surface area contributed by atoms with Crippen LogP contribution in [0.2, 0.25) is 0 Å². The summed E-state index contributed by atoms with van der Waals surface area (Å²) >= 11 is 0. The Kier molecular flexibility index (Phi) is 4.27. The third kappa shape index (κ3) is 2.92. The molecule has 108 valence electrons. The summed E-state index contributed by atoms with van der Waals surface area (Å²) in [6.07, 6.45) is 1.09. The van der Waals surface area contributed by atoms with Crippen molar-refractivity contribution in [2.75, 3.05) is 13.7 Å². The summed E-state index contributed by atoms with van der Waals surface area (Å²) in [4.78, 5) is 24.4. The molecule has 0 radical (unpaired) electrons. The number of carbonyl (C=O) groups excluding carboxylic acids is 1. The highest BCUT2D eigenvalue weighted by atomic mass is 16.5. The van der Waals surface area contributed by atoms with E-state index in [4.69, 9.17) is 9.84 Å². The van der Waals surface area contributed by atoms with Crippen molar-refractivity contribution in [2.24, 2.45) is 0 Å². The van der Waals surface area contributed by atoms with Gasteiger partial charge in [-0.2, -0.15) is 0 Å². The van der Waals surface area contributed by atoms with Crippen molar-refractivity contribution in [3.05, 3.63) is 29.8 Å². The molecule has 1 aliphatic heterocycles. The molecule has 1 aromatic carbocycles. The number of hydrogen-bond acceptors (Lipinski definition) is 3. The molecule has 5 nitrogen and oxygen atoms in total. The molecule has 1 N–H and O–H groups in total. The molecule has 0 saturated carbocycles. The van der Waals surface area contributed by atoms with E-state index in [9.17, 15) is 9.59 Å². The number of carboxylic acid groups (broad SMARTS) is 1. The van der Waals surface area contributed by atoms with Crippen LogP contribution in [0.3, 0.4) is 0 Å². The van der Waals surface area contributed by atoms with Gasteiger partial charge in [-0.1, -0.05) is 18.2 Å². The lowest BCUT2D eigenvalue weighted by molar-refractivity contribution is -0.148. The summed E-state index contributed by atoms with van der Waals surface area (Å²) in [5.41, 5.74) is 1.03. The SMILES string of the molecule is C[C@H](C(=O)O)N(C)C(=O)C[C@H]1CCOc2ccccc21. The number of nitrogens with zero attached hydrogens (tertiary/aromatic N) is 1. The lowest BCUT2D eigenvalue weighted by Gasteiger charge is -2.28. The first-order valence-electron chi connectivity index (χ1n) is 6.71. The molecule has 2 atom stereocenters. The number of hydrogen-bond donors (Lipinski definition) is 1. The number of rotatable bonds is 4. The van der Waals surface area contributed by atoms with E-state index in [1.54, 1.807) is 0 Å². The normalized spacial score (nSPS) is 18.6. The van der Waals surface area contributed by atoms with Crippen LogP contribution in [-0.2, 0) is 9.59 Å². The first-order valence-corrected chi connectivity index (χ1v) is 6.71. The number of ether oxygens (including phenoxy) is 1. The molecule has 0 spiro atoms. The van der Waals surface area contributed by atoms with Gasteiger partial charge in [-0.15, -0.1) is 0 Å². The molecule has 1 amide bonds. The number of amides is 1. The fourth-order valence-electron chi connectivity index (χ4n) is 2.36. The van der Waals surface area contributed by atoms with E-state index in [0.717, 1.165) is 17.7 Å². The van der Waals surface area contributed by atoms with E-state index in [1.165, 1.54) is 18.9 Å². The summed E-state index contributed by atoms with van der Waals surface area (Å²) < 4.78 is 5.56. The van der Waals surface area contributed by atoms with Crippen LogP contribution in [0, 0.1) is 0 Å². The molecule has 5 heteroatoms. The highest BCUT2D eigenvalue weighted by Gasteiger charge is 2.27. The van der Waals surface area contributed by atoms with Gasteiger partial charge in [-0.05, 0) is 30.9 Å². The van der Waals surface area contributed by atoms with Crippen LogP contribution >= 0.6 is 0 Å². The Morgan fingerprint density at radius 2 is 2.15 bits per heavy atom. The van der Waals surface area contributed by atoms with Crippen LogP contribution in [0.25, 0.3) is 0 Å². The number of carboxylic acids is 1. The molecule has 0 unspecified atom stereocenters. The topological polar surface area (TPSA) is 66.8 Å². The van der Waals surface area contributed by atoms with Crippen LogP contribution < -0.4 is 4.74 Å². The number of aliphatic carboxylic acids is 1. The molecule has 0 aromatic heterocycles. The molecule has 1 heterocycles. The van der Waals surface area contributed by atoms with Crippen molar-refractivity contribution in [1.29, 1.82) is 0 Å². The van der Waals surface area contributed by atoms with Gasteiger partial charge in [0.05, 0.1) is 6.61 Å². The van der Waals surface area contributed by atoms with Crippen LogP contribution in [0.5, 0.6) is 5.75 Å². The maximum Gasteiger partial charge on any atom is 0.326 e. The van der Waals surface area contributed by atoms with Crippen molar-refractivity contribution in [3.63, 3.8) is 0 Å². The highest BCUT2D eigenvalue weighted by molar-refractivity contribution is 5.83. The lowest BCUT2D eigenvalue weighted by atomic mass is 9.90. The van der Waals surface area contributed by atoms with Crippen LogP contribution in [0.4, 0.5) is 0 Å². The van der Waals surface area contributed by atoms with E-state index in [1.807, 2.05) is 24.3 Å². The van der Waals surface area contributed by atoms with Crippen molar-refractivity contribution in [1.82, 2.24) is 4.90 Å². The molecular weight excluding hydrogens is 258 g/mol. The smallest absolute Gasteiger partial charge is 0.326 e. The predicted octanol–water partition coefficient (Wildman–Crippen LogP) is 1.87. The van der Waals surface area contributed by atoms with Gasteiger partial charge in [-0.25, -0.2) is 4.79 Å². The van der Waals surface area contributed by atoms with Gasteiger partial charge in [-0.3, -0.25) is 4.79 Å². The Labute approximate surface area is 118 Å². The number of benzene rings is 1. The zero-order chi connectivity index (χ0) is 14.7. The van der Waals surface area contributed by atoms with E-state index >= 15 is 0 Å². The largest absolute Gasteiger partial charge is 0.493 e. The van der Waals surface area contributed by atoms with Gasteiger partial charge in [0, 0.05) is 13.5 Å². The third-order valence-corrected chi connectivity index (χ3v) is 3.84. The van der Waals surface area contributed by atoms with Gasteiger partial charge >= 0.3 is 5.97 Å². The van der Waals surface area contributed by atoms with E-state index < -0.39 is 12.0 Å². The number of carbonyl (C=O) groups is 2. The minimum Gasteiger partial charge on any atom is -0.493 e. The van der Waals surface area contributed by atoms with E-state index in [-0.39, 0.29) is 11.8 Å². The first kappa shape index (κ1) is 14.4. The van der Waals surface area contributed by atoms with Gasteiger partial charge < -0.3 is 14.7 Å². The fraction of sp³-hybridized carbons (Fsp3) is 0.467. The van der Waals surface area contributed by atoms with Crippen molar-refractivity contribution in [3.8, 4) is 5.75 Å². The second-order valence-electron chi connectivity index (χ2n) is 5.09. The van der Waals surface area contributed by atoms with Crippen molar-refractivity contribution >= 4 is 11.9 Å². The average molecular weight is 277 g/mol. The van der Waals surface area contributed by atoms with Gasteiger partial charge in [0.1, 0.15) is 11.8 Å². The predicted molar refractivity (Wildman–Crippen MR) is 73.8 cm³/mol. The molecule has 0 aliphatic carbocycles. The summed E-state index contributed by atoms with van der Waals surface area (Å²) in [6.45, 7) is 2.10. The average Bonchev–Trinajstić information content (AvgIpc) is 2.46. The highest BCUT2D eigenvalue weighted by Crippen LogP contribution is 2.35. The Hall–Kier alpha value is -2.04. The van der Waals surface area contributed by atoms with E-state index in [0.29, 0.717) is 13.0 Å². The zero-order valence-corrected chi connectivity index (χ0v) is 11.7. The first-order chi connectivity index (χ1) is 9.50. The zero-order valence-electron chi connectivity index (χ0n) is 11.7. The van der Waals surface area contributed by atoms with Crippen LogP contribution in [0.15, 0.2) is 24.3 Å². The van der Waals surface area contributed by atoms with Crippen LogP contribution in [0.1, 0.15) is 31.2 Å². The van der Waals surface area contributed by atoms with Gasteiger partial charge in [0.15, 0.2) is 0 Å². The molecular formula is C15H19NO4.